The molecule has 1 aromatic heterocycles. The predicted octanol–water partition coefficient (Wildman–Crippen LogP) is 4.31. The van der Waals surface area contributed by atoms with Crippen LogP contribution >= 0.6 is 0 Å². The second-order valence-electron chi connectivity index (χ2n) is 6.53. The van der Waals surface area contributed by atoms with E-state index in [2.05, 4.69) is 10.3 Å². The van der Waals surface area contributed by atoms with E-state index in [1.807, 2.05) is 19.1 Å². The van der Waals surface area contributed by atoms with Crippen LogP contribution in [0.25, 0.3) is 11.3 Å². The lowest BCUT2D eigenvalue weighted by atomic mass is 10.1. The highest BCUT2D eigenvalue weighted by atomic mass is 19.1. The average Bonchev–Trinajstić information content (AvgIpc) is 3.21. The topological polar surface area (TPSA) is 73.6 Å². The van der Waals surface area contributed by atoms with Crippen LogP contribution in [-0.4, -0.2) is 25.1 Å². The van der Waals surface area contributed by atoms with Crippen LogP contribution in [0, 0.1) is 5.82 Å². The van der Waals surface area contributed by atoms with Crippen molar-refractivity contribution in [3.8, 4) is 22.8 Å². The Kier molecular flexibility index (Phi) is 6.49. The Hall–Kier alpha value is -3.35. The molecule has 7 heteroatoms. The summed E-state index contributed by atoms with van der Waals surface area (Å²) >= 11 is 0. The summed E-state index contributed by atoms with van der Waals surface area (Å²) in [5, 5.41) is 2.95. The van der Waals surface area contributed by atoms with Gasteiger partial charge in [0.05, 0.1) is 26.5 Å². The van der Waals surface area contributed by atoms with E-state index >= 15 is 0 Å². The summed E-state index contributed by atoms with van der Waals surface area (Å²) < 4.78 is 29.2. The molecule has 0 spiro atoms. The smallest absolute Gasteiger partial charge is 0.220 e. The normalized spacial score (nSPS) is 11.7. The van der Waals surface area contributed by atoms with Crippen LogP contribution in [0.4, 0.5) is 4.39 Å². The molecule has 3 aromatic rings. The zero-order valence-electron chi connectivity index (χ0n) is 16.6. The van der Waals surface area contributed by atoms with E-state index in [4.69, 9.17) is 13.9 Å². The highest BCUT2D eigenvalue weighted by Gasteiger charge is 2.14. The molecule has 0 fully saturated rings. The van der Waals surface area contributed by atoms with E-state index in [0.29, 0.717) is 29.6 Å². The quantitative estimate of drug-likeness (QED) is 0.612. The third-order valence-electron chi connectivity index (χ3n) is 4.53. The van der Waals surface area contributed by atoms with Crippen molar-refractivity contribution in [3.63, 3.8) is 0 Å². The Balaban J connectivity index is 1.55. The van der Waals surface area contributed by atoms with Gasteiger partial charge in [0.1, 0.15) is 5.82 Å². The Morgan fingerprint density at radius 1 is 1.14 bits per heavy atom. The number of nitrogens with one attached hydrogen (secondary N) is 1. The van der Waals surface area contributed by atoms with Crippen LogP contribution in [0.1, 0.15) is 30.8 Å². The van der Waals surface area contributed by atoms with Crippen molar-refractivity contribution >= 4 is 5.91 Å². The second kappa shape index (κ2) is 9.23. The standard InChI is InChI=1S/C22H23FN2O4/c1-14(16-6-9-18(27-2)19(12-16)28-3)25-21(26)10-11-22-24-13-20(29-22)15-4-7-17(23)8-5-15/h4-9,12-14H,10-11H2,1-3H3,(H,25,26). The molecule has 0 aliphatic heterocycles. The summed E-state index contributed by atoms with van der Waals surface area (Å²) in [5.41, 5.74) is 1.64. The van der Waals surface area contributed by atoms with Gasteiger partial charge in [-0.25, -0.2) is 9.37 Å². The number of benzene rings is 2. The van der Waals surface area contributed by atoms with E-state index in [1.54, 1.807) is 38.6 Å². The molecule has 0 bridgehead atoms. The van der Waals surface area contributed by atoms with Gasteiger partial charge in [-0.3, -0.25) is 4.79 Å². The summed E-state index contributed by atoms with van der Waals surface area (Å²) in [4.78, 5) is 16.5. The van der Waals surface area contributed by atoms with Crippen LogP contribution in [0.5, 0.6) is 11.5 Å². The molecule has 1 unspecified atom stereocenters. The van der Waals surface area contributed by atoms with Crippen LogP contribution in [0.2, 0.25) is 0 Å². The molecular formula is C22H23FN2O4. The molecule has 6 nitrogen and oxygen atoms in total. The number of rotatable bonds is 8. The van der Waals surface area contributed by atoms with E-state index in [1.165, 1.54) is 12.1 Å². The van der Waals surface area contributed by atoms with Crippen LogP contribution in [0.3, 0.4) is 0 Å². The van der Waals surface area contributed by atoms with Gasteiger partial charge in [-0.1, -0.05) is 6.07 Å². The predicted molar refractivity (Wildman–Crippen MR) is 106 cm³/mol. The fourth-order valence-corrected chi connectivity index (χ4v) is 2.91. The minimum absolute atomic E-state index is 0.117. The fraction of sp³-hybridized carbons (Fsp3) is 0.273. The number of halogens is 1. The summed E-state index contributed by atoms with van der Waals surface area (Å²) in [5.74, 6) is 1.81. The maximum absolute atomic E-state index is 13.0. The molecule has 152 valence electrons. The van der Waals surface area contributed by atoms with Crippen molar-refractivity contribution in [2.24, 2.45) is 0 Å². The molecule has 1 N–H and O–H groups in total. The molecule has 1 atom stereocenters. The zero-order chi connectivity index (χ0) is 20.8. The lowest BCUT2D eigenvalue weighted by Gasteiger charge is -2.16. The van der Waals surface area contributed by atoms with Crippen molar-refractivity contribution in [2.45, 2.75) is 25.8 Å². The van der Waals surface area contributed by atoms with E-state index in [9.17, 15) is 9.18 Å². The Labute approximate surface area is 168 Å². The largest absolute Gasteiger partial charge is 0.493 e. The number of methoxy groups -OCH3 is 2. The van der Waals surface area contributed by atoms with Gasteiger partial charge in [0.2, 0.25) is 5.91 Å². The van der Waals surface area contributed by atoms with Crippen molar-refractivity contribution < 1.29 is 23.1 Å². The Bertz CT molecular complexity index is 969. The first-order valence-corrected chi connectivity index (χ1v) is 9.22. The molecule has 0 aliphatic rings. The first-order chi connectivity index (χ1) is 14.0. The van der Waals surface area contributed by atoms with Gasteiger partial charge in [-0.2, -0.15) is 0 Å². The Morgan fingerprint density at radius 2 is 1.86 bits per heavy atom. The zero-order valence-corrected chi connectivity index (χ0v) is 16.6. The maximum atomic E-state index is 13.0. The summed E-state index contributed by atoms with van der Waals surface area (Å²) in [6.45, 7) is 1.90. The molecule has 2 aromatic carbocycles. The SMILES string of the molecule is COc1ccc(C(C)NC(=O)CCc2ncc(-c3ccc(F)cc3)o2)cc1OC. The highest BCUT2D eigenvalue weighted by molar-refractivity contribution is 5.76. The van der Waals surface area contributed by atoms with Crippen LogP contribution in [0.15, 0.2) is 53.1 Å². The molecule has 0 saturated heterocycles. The molecule has 0 saturated carbocycles. The lowest BCUT2D eigenvalue weighted by molar-refractivity contribution is -0.121. The number of aromatic nitrogens is 1. The molecule has 29 heavy (non-hydrogen) atoms. The van der Waals surface area contributed by atoms with Gasteiger partial charge in [0, 0.05) is 18.4 Å². The number of aryl methyl sites for hydroxylation is 1. The van der Waals surface area contributed by atoms with E-state index in [-0.39, 0.29) is 24.2 Å². The molecule has 1 amide bonds. The number of amides is 1. The highest BCUT2D eigenvalue weighted by Crippen LogP contribution is 2.30. The maximum Gasteiger partial charge on any atom is 0.220 e. The summed E-state index contributed by atoms with van der Waals surface area (Å²) in [6.07, 6.45) is 2.18. The monoisotopic (exact) mass is 398 g/mol. The minimum Gasteiger partial charge on any atom is -0.493 e. The molecule has 1 heterocycles. The number of carbonyl (C=O) groups excluding carboxylic acids is 1. The molecule has 3 rings (SSSR count). The lowest BCUT2D eigenvalue weighted by Crippen LogP contribution is -2.26. The third-order valence-corrected chi connectivity index (χ3v) is 4.53. The fourth-order valence-electron chi connectivity index (χ4n) is 2.91. The van der Waals surface area contributed by atoms with E-state index < -0.39 is 0 Å². The van der Waals surface area contributed by atoms with Gasteiger partial charge in [-0.15, -0.1) is 0 Å². The minimum atomic E-state index is -0.311. The third kappa shape index (κ3) is 5.13. The van der Waals surface area contributed by atoms with Crippen molar-refractivity contribution in [2.75, 3.05) is 14.2 Å². The number of carbonyl (C=O) groups is 1. The van der Waals surface area contributed by atoms with Crippen LogP contribution < -0.4 is 14.8 Å². The van der Waals surface area contributed by atoms with Gasteiger partial charge >= 0.3 is 0 Å². The number of hydrogen-bond donors (Lipinski definition) is 1. The van der Waals surface area contributed by atoms with E-state index in [0.717, 1.165) is 11.1 Å². The van der Waals surface area contributed by atoms with Crippen molar-refractivity contribution in [1.82, 2.24) is 10.3 Å². The summed E-state index contributed by atoms with van der Waals surface area (Å²) in [7, 11) is 3.15. The van der Waals surface area contributed by atoms with Gasteiger partial charge in [0.25, 0.3) is 0 Å². The number of ether oxygens (including phenoxy) is 2. The van der Waals surface area contributed by atoms with Gasteiger partial charge in [0.15, 0.2) is 23.1 Å². The van der Waals surface area contributed by atoms with Crippen LogP contribution in [-0.2, 0) is 11.2 Å². The molecular weight excluding hydrogens is 375 g/mol. The molecule has 0 radical (unpaired) electrons. The van der Waals surface area contributed by atoms with Crippen molar-refractivity contribution in [3.05, 3.63) is 65.9 Å². The van der Waals surface area contributed by atoms with Gasteiger partial charge < -0.3 is 19.2 Å². The first kappa shape index (κ1) is 20.4. The molecule has 0 aliphatic carbocycles. The number of hydrogen-bond acceptors (Lipinski definition) is 5. The Morgan fingerprint density at radius 3 is 2.55 bits per heavy atom. The first-order valence-electron chi connectivity index (χ1n) is 9.22. The second-order valence-corrected chi connectivity index (χ2v) is 6.53. The summed E-state index contributed by atoms with van der Waals surface area (Å²) in [6, 6.07) is 11.3. The average molecular weight is 398 g/mol. The number of oxazole rings is 1. The van der Waals surface area contributed by atoms with Gasteiger partial charge in [-0.05, 0) is 48.9 Å². The van der Waals surface area contributed by atoms with Crippen molar-refractivity contribution in [1.29, 1.82) is 0 Å². The number of nitrogens with zero attached hydrogens (tertiary/aromatic N) is 1.